The lowest BCUT2D eigenvalue weighted by molar-refractivity contribution is -0.118. The van der Waals surface area contributed by atoms with E-state index in [0.29, 0.717) is 16.8 Å². The quantitative estimate of drug-likeness (QED) is 0.364. The van der Waals surface area contributed by atoms with Crippen LogP contribution in [-0.2, 0) is 4.79 Å². The Kier molecular flexibility index (Phi) is 5.43. The van der Waals surface area contributed by atoms with E-state index in [2.05, 4.69) is 15.5 Å². The molecule has 0 bridgehead atoms. The molecule has 0 atom stereocenters. The van der Waals surface area contributed by atoms with Gasteiger partial charge in [0.05, 0.1) is 34.2 Å². The van der Waals surface area contributed by atoms with Gasteiger partial charge in [-0.05, 0) is 31.2 Å². The fourth-order valence-corrected chi connectivity index (χ4v) is 3.06. The highest BCUT2D eigenvalue weighted by Crippen LogP contribution is 2.22. The van der Waals surface area contributed by atoms with Gasteiger partial charge in [0.25, 0.3) is 11.8 Å². The molecule has 1 N–H and O–H groups in total. The molecule has 0 unspecified atom stereocenters. The van der Waals surface area contributed by atoms with E-state index in [1.165, 1.54) is 11.8 Å². The molecule has 2 heterocycles. The number of hydrogen-bond acceptors (Lipinski definition) is 6. The number of nitrogens with zero attached hydrogens (tertiary/aromatic N) is 3. The summed E-state index contributed by atoms with van der Waals surface area (Å²) in [4.78, 5) is 41.7. The summed E-state index contributed by atoms with van der Waals surface area (Å²) in [7, 11) is 0. The lowest BCUT2D eigenvalue weighted by Crippen LogP contribution is -2.35. The molecule has 0 saturated heterocycles. The molecule has 7 nitrogen and oxygen atoms in total. The van der Waals surface area contributed by atoms with Crippen LogP contribution in [0.3, 0.4) is 0 Å². The minimum absolute atomic E-state index is 0.0278. The summed E-state index contributed by atoms with van der Waals surface area (Å²) in [5.74, 6) is -0.822. The summed E-state index contributed by atoms with van der Waals surface area (Å²) < 4.78 is 0. The van der Waals surface area contributed by atoms with Gasteiger partial charge in [-0.15, -0.1) is 0 Å². The number of carbonyl (C=O) groups is 3. The van der Waals surface area contributed by atoms with Crippen molar-refractivity contribution >= 4 is 35.2 Å². The molecule has 1 aromatic carbocycles. The van der Waals surface area contributed by atoms with Gasteiger partial charge in [0, 0.05) is 6.20 Å². The first-order chi connectivity index (χ1) is 12.6. The van der Waals surface area contributed by atoms with Crippen LogP contribution in [0.25, 0.3) is 0 Å². The zero-order valence-corrected chi connectivity index (χ0v) is 14.8. The third-order valence-corrected chi connectivity index (χ3v) is 4.57. The smallest absolute Gasteiger partial charge is 0.261 e. The van der Waals surface area contributed by atoms with E-state index in [9.17, 15) is 14.4 Å². The van der Waals surface area contributed by atoms with E-state index in [-0.39, 0.29) is 30.0 Å². The second kappa shape index (κ2) is 7.92. The molecule has 8 heteroatoms. The minimum atomic E-state index is -0.350. The number of imide groups is 1. The molecule has 0 aliphatic carbocycles. The third-order valence-electron chi connectivity index (χ3n) is 3.63. The molecule has 1 aliphatic heterocycles. The van der Waals surface area contributed by atoms with Gasteiger partial charge in [0.2, 0.25) is 5.91 Å². The van der Waals surface area contributed by atoms with Gasteiger partial charge in [-0.2, -0.15) is 5.10 Å². The number of hydrazone groups is 1. The predicted molar refractivity (Wildman–Crippen MR) is 98.0 cm³/mol. The molecule has 3 amide bonds. The Bertz CT molecular complexity index is 848. The van der Waals surface area contributed by atoms with Crippen molar-refractivity contribution in [3.05, 3.63) is 59.8 Å². The van der Waals surface area contributed by atoms with Crippen LogP contribution in [0.15, 0.2) is 58.8 Å². The first kappa shape index (κ1) is 17.8. The number of carbonyl (C=O) groups excluding carboxylic acids is 3. The van der Waals surface area contributed by atoms with Gasteiger partial charge in [-0.25, -0.2) is 10.4 Å². The van der Waals surface area contributed by atoms with Crippen molar-refractivity contribution in [2.24, 2.45) is 5.10 Å². The van der Waals surface area contributed by atoms with Crippen LogP contribution in [0.1, 0.15) is 27.6 Å². The highest BCUT2D eigenvalue weighted by atomic mass is 32.2. The van der Waals surface area contributed by atoms with E-state index in [4.69, 9.17) is 0 Å². The van der Waals surface area contributed by atoms with E-state index in [1.54, 1.807) is 43.5 Å². The number of fused-ring (bicyclic) bond motifs is 1. The monoisotopic (exact) mass is 368 g/mol. The third kappa shape index (κ3) is 3.97. The van der Waals surface area contributed by atoms with Crippen molar-refractivity contribution < 1.29 is 14.4 Å². The van der Waals surface area contributed by atoms with Crippen LogP contribution < -0.4 is 5.43 Å². The Labute approximate surface area is 154 Å². The SMILES string of the molecule is C/C(CN1C(=O)c2ccccc2C1=O)=N\NC(=O)CSc1ccccn1. The van der Waals surface area contributed by atoms with Gasteiger partial charge >= 0.3 is 0 Å². The fourth-order valence-electron chi connectivity index (χ4n) is 2.41. The minimum Gasteiger partial charge on any atom is -0.272 e. The average molecular weight is 368 g/mol. The summed E-state index contributed by atoms with van der Waals surface area (Å²) in [5.41, 5.74) is 3.66. The second-order valence-corrected chi connectivity index (χ2v) is 6.58. The summed E-state index contributed by atoms with van der Waals surface area (Å²) in [6.07, 6.45) is 1.66. The molecule has 0 fully saturated rings. The number of thioether (sulfide) groups is 1. The number of pyridine rings is 1. The Morgan fingerprint density at radius 3 is 2.38 bits per heavy atom. The molecule has 0 spiro atoms. The topological polar surface area (TPSA) is 91.7 Å². The zero-order chi connectivity index (χ0) is 18.5. The lowest BCUT2D eigenvalue weighted by atomic mass is 10.1. The number of amides is 3. The average Bonchev–Trinajstić information content (AvgIpc) is 2.91. The Morgan fingerprint density at radius 2 is 1.77 bits per heavy atom. The maximum atomic E-state index is 12.3. The van der Waals surface area contributed by atoms with Crippen LogP contribution in [0, 0.1) is 0 Å². The van der Waals surface area contributed by atoms with Crippen molar-refractivity contribution in [1.29, 1.82) is 0 Å². The molecular formula is C18H16N4O3S. The molecule has 1 aromatic heterocycles. The number of rotatable bonds is 6. The van der Waals surface area contributed by atoms with Crippen LogP contribution in [0.5, 0.6) is 0 Å². The number of hydrogen-bond donors (Lipinski definition) is 1. The summed E-state index contributed by atoms with van der Waals surface area (Å²) in [6, 6.07) is 12.1. The van der Waals surface area contributed by atoms with E-state index >= 15 is 0 Å². The van der Waals surface area contributed by atoms with Crippen LogP contribution in [-0.4, -0.2) is 45.6 Å². The van der Waals surface area contributed by atoms with Crippen LogP contribution >= 0.6 is 11.8 Å². The molecule has 132 valence electrons. The summed E-state index contributed by atoms with van der Waals surface area (Å²) in [5, 5.41) is 4.71. The van der Waals surface area contributed by atoms with Crippen molar-refractivity contribution in [2.75, 3.05) is 12.3 Å². The Balaban J connectivity index is 1.53. The standard InChI is InChI=1S/C18H16N4O3S/c1-12(20-21-15(23)11-26-16-8-4-5-9-19-16)10-22-17(24)13-6-2-3-7-14(13)18(22)25/h2-9H,10-11H2,1H3,(H,21,23)/b20-12+. The van der Waals surface area contributed by atoms with Gasteiger partial charge in [-0.1, -0.05) is 30.0 Å². The zero-order valence-electron chi connectivity index (χ0n) is 14.0. The van der Waals surface area contributed by atoms with Gasteiger partial charge in [0.15, 0.2) is 0 Å². The molecule has 0 saturated carbocycles. The predicted octanol–water partition coefficient (Wildman–Crippen LogP) is 1.96. The first-order valence-electron chi connectivity index (χ1n) is 7.87. The number of benzene rings is 1. The summed E-state index contributed by atoms with van der Waals surface area (Å²) >= 11 is 1.29. The van der Waals surface area contributed by atoms with Crippen molar-refractivity contribution in [1.82, 2.24) is 15.3 Å². The molecule has 1 aliphatic rings. The van der Waals surface area contributed by atoms with Gasteiger partial charge in [-0.3, -0.25) is 19.3 Å². The second-order valence-electron chi connectivity index (χ2n) is 5.58. The van der Waals surface area contributed by atoms with Crippen molar-refractivity contribution in [3.8, 4) is 0 Å². The largest absolute Gasteiger partial charge is 0.272 e. The first-order valence-corrected chi connectivity index (χ1v) is 8.86. The van der Waals surface area contributed by atoms with Gasteiger partial charge in [0.1, 0.15) is 0 Å². The molecule has 0 radical (unpaired) electrons. The summed E-state index contributed by atoms with van der Waals surface area (Å²) in [6.45, 7) is 1.68. The fraction of sp³-hybridized carbons (Fsp3) is 0.167. The van der Waals surface area contributed by atoms with Crippen LogP contribution in [0.2, 0.25) is 0 Å². The number of aromatic nitrogens is 1. The van der Waals surface area contributed by atoms with E-state index in [1.807, 2.05) is 12.1 Å². The molecule has 3 rings (SSSR count). The molecule has 26 heavy (non-hydrogen) atoms. The lowest BCUT2D eigenvalue weighted by Gasteiger charge is -2.13. The van der Waals surface area contributed by atoms with Crippen molar-refractivity contribution in [3.63, 3.8) is 0 Å². The van der Waals surface area contributed by atoms with Crippen LogP contribution in [0.4, 0.5) is 0 Å². The van der Waals surface area contributed by atoms with E-state index < -0.39 is 0 Å². The Hall–Kier alpha value is -3.00. The van der Waals surface area contributed by atoms with Gasteiger partial charge < -0.3 is 0 Å². The number of nitrogens with one attached hydrogen (secondary N) is 1. The Morgan fingerprint density at radius 1 is 1.12 bits per heavy atom. The molecule has 2 aromatic rings. The molecular weight excluding hydrogens is 352 g/mol. The highest BCUT2D eigenvalue weighted by Gasteiger charge is 2.35. The maximum Gasteiger partial charge on any atom is 0.261 e. The maximum absolute atomic E-state index is 12.3. The normalized spacial score (nSPS) is 13.7. The highest BCUT2D eigenvalue weighted by molar-refractivity contribution is 7.99. The van der Waals surface area contributed by atoms with E-state index in [0.717, 1.165) is 9.93 Å². The van der Waals surface area contributed by atoms with Crippen molar-refractivity contribution in [2.45, 2.75) is 11.9 Å².